The number of hydrogen-bond acceptors (Lipinski definition) is 3. The zero-order chi connectivity index (χ0) is 30.8. The highest BCUT2D eigenvalue weighted by Gasteiger charge is 2.28. The first-order valence-electron chi connectivity index (χ1n) is 15.5. The SMILES string of the molecule is OB(O)c1c(-c2ccc(-c3c4ccccc4c(-c4ccccc4)c4ccccc34)cc2)c2ccccc2c2c1oc1ccccc12. The number of fused-ring (bicyclic) bond motifs is 7. The van der Waals surface area contributed by atoms with Crippen LogP contribution in [0.1, 0.15) is 0 Å². The van der Waals surface area contributed by atoms with Crippen molar-refractivity contribution in [2.75, 3.05) is 0 Å². The summed E-state index contributed by atoms with van der Waals surface area (Å²) >= 11 is 0. The minimum Gasteiger partial charge on any atom is -0.456 e. The van der Waals surface area contributed by atoms with Crippen LogP contribution in [0.25, 0.3) is 87.6 Å². The molecule has 0 saturated heterocycles. The Morgan fingerprint density at radius 1 is 0.370 bits per heavy atom. The Labute approximate surface area is 265 Å². The van der Waals surface area contributed by atoms with Crippen LogP contribution in [0.5, 0.6) is 0 Å². The molecule has 0 bridgehead atoms. The summed E-state index contributed by atoms with van der Waals surface area (Å²) in [7, 11) is -1.72. The van der Waals surface area contributed by atoms with Crippen LogP contribution in [0, 0.1) is 0 Å². The van der Waals surface area contributed by atoms with Gasteiger partial charge in [0, 0.05) is 16.2 Å². The third-order valence-corrected chi connectivity index (χ3v) is 9.29. The fourth-order valence-electron chi connectivity index (χ4n) is 7.40. The highest BCUT2D eigenvalue weighted by molar-refractivity contribution is 6.65. The van der Waals surface area contributed by atoms with Crippen LogP contribution in [0.4, 0.5) is 0 Å². The lowest BCUT2D eigenvalue weighted by molar-refractivity contribution is 0.426. The van der Waals surface area contributed by atoms with Gasteiger partial charge in [-0.25, -0.2) is 0 Å². The Morgan fingerprint density at radius 3 is 1.28 bits per heavy atom. The van der Waals surface area contributed by atoms with E-state index in [1.807, 2.05) is 36.4 Å². The van der Waals surface area contributed by atoms with Crippen molar-refractivity contribution in [1.29, 1.82) is 0 Å². The van der Waals surface area contributed by atoms with Crippen LogP contribution in [-0.4, -0.2) is 17.2 Å². The molecule has 0 aliphatic carbocycles. The van der Waals surface area contributed by atoms with E-state index in [4.69, 9.17) is 4.42 Å². The Bertz CT molecular complexity index is 2540. The summed E-state index contributed by atoms with van der Waals surface area (Å²) in [6, 6.07) is 52.3. The lowest BCUT2D eigenvalue weighted by Crippen LogP contribution is -2.32. The van der Waals surface area contributed by atoms with Gasteiger partial charge in [-0.3, -0.25) is 0 Å². The molecular weight excluding hydrogens is 563 g/mol. The molecule has 9 rings (SSSR count). The Kier molecular flexibility index (Phi) is 6.07. The molecule has 0 radical (unpaired) electrons. The van der Waals surface area contributed by atoms with Gasteiger partial charge in [-0.2, -0.15) is 0 Å². The average molecular weight is 590 g/mol. The summed E-state index contributed by atoms with van der Waals surface area (Å²) in [5.41, 5.74) is 7.95. The lowest BCUT2D eigenvalue weighted by Gasteiger charge is -2.18. The summed E-state index contributed by atoms with van der Waals surface area (Å²) < 4.78 is 6.33. The van der Waals surface area contributed by atoms with Crippen LogP contribution >= 0.6 is 0 Å². The third-order valence-electron chi connectivity index (χ3n) is 9.29. The molecule has 0 amide bonds. The van der Waals surface area contributed by atoms with E-state index in [1.54, 1.807) is 0 Å². The summed E-state index contributed by atoms with van der Waals surface area (Å²) in [5, 5.41) is 30.3. The fraction of sp³-hybridized carbons (Fsp3) is 0. The van der Waals surface area contributed by atoms with Gasteiger partial charge < -0.3 is 14.5 Å². The van der Waals surface area contributed by atoms with Gasteiger partial charge in [-0.1, -0.05) is 146 Å². The van der Waals surface area contributed by atoms with E-state index in [0.29, 0.717) is 11.0 Å². The van der Waals surface area contributed by atoms with E-state index in [-0.39, 0.29) is 0 Å². The average Bonchev–Trinajstić information content (AvgIpc) is 3.50. The molecule has 0 saturated carbocycles. The molecule has 1 aromatic heterocycles. The molecule has 0 atom stereocenters. The van der Waals surface area contributed by atoms with Crippen molar-refractivity contribution in [2.24, 2.45) is 0 Å². The smallest absolute Gasteiger partial charge is 0.456 e. The first-order valence-corrected chi connectivity index (χ1v) is 15.5. The van der Waals surface area contributed by atoms with Gasteiger partial charge in [-0.15, -0.1) is 0 Å². The van der Waals surface area contributed by atoms with Gasteiger partial charge in [0.05, 0.1) is 0 Å². The Morgan fingerprint density at radius 2 is 0.761 bits per heavy atom. The fourth-order valence-corrected chi connectivity index (χ4v) is 7.40. The topological polar surface area (TPSA) is 53.6 Å². The van der Waals surface area contributed by atoms with Crippen LogP contribution < -0.4 is 5.46 Å². The van der Waals surface area contributed by atoms with Gasteiger partial charge in [0.2, 0.25) is 0 Å². The second-order valence-corrected chi connectivity index (χ2v) is 11.8. The quantitative estimate of drug-likeness (QED) is 0.159. The van der Waals surface area contributed by atoms with E-state index in [0.717, 1.165) is 43.8 Å². The predicted molar refractivity (Wildman–Crippen MR) is 192 cm³/mol. The molecule has 0 fully saturated rings. The summed E-state index contributed by atoms with van der Waals surface area (Å²) in [4.78, 5) is 0. The zero-order valence-corrected chi connectivity index (χ0v) is 24.8. The molecule has 8 aromatic carbocycles. The van der Waals surface area contributed by atoms with E-state index in [9.17, 15) is 10.0 Å². The van der Waals surface area contributed by atoms with Crippen LogP contribution in [0.15, 0.2) is 156 Å². The molecular formula is C42H27BO3. The molecule has 216 valence electrons. The maximum atomic E-state index is 10.8. The first-order chi connectivity index (χ1) is 22.7. The second-order valence-electron chi connectivity index (χ2n) is 11.8. The molecule has 9 aromatic rings. The highest BCUT2D eigenvalue weighted by atomic mass is 16.4. The van der Waals surface area contributed by atoms with Gasteiger partial charge >= 0.3 is 7.12 Å². The van der Waals surface area contributed by atoms with Crippen molar-refractivity contribution in [3.63, 3.8) is 0 Å². The zero-order valence-electron chi connectivity index (χ0n) is 24.8. The van der Waals surface area contributed by atoms with E-state index in [1.165, 1.54) is 38.2 Å². The molecule has 0 spiro atoms. The summed E-state index contributed by atoms with van der Waals surface area (Å²) in [6.45, 7) is 0. The van der Waals surface area contributed by atoms with Crippen molar-refractivity contribution < 1.29 is 14.5 Å². The van der Waals surface area contributed by atoms with Crippen molar-refractivity contribution in [3.05, 3.63) is 152 Å². The van der Waals surface area contributed by atoms with Crippen molar-refractivity contribution in [1.82, 2.24) is 0 Å². The van der Waals surface area contributed by atoms with Crippen LogP contribution in [0.3, 0.4) is 0 Å². The first kappa shape index (κ1) is 26.7. The van der Waals surface area contributed by atoms with Crippen LogP contribution in [0.2, 0.25) is 0 Å². The molecule has 4 heteroatoms. The number of furan rings is 1. The normalized spacial score (nSPS) is 11.7. The van der Waals surface area contributed by atoms with Gasteiger partial charge in [0.15, 0.2) is 0 Å². The Balaban J connectivity index is 1.31. The molecule has 1 heterocycles. The monoisotopic (exact) mass is 590 g/mol. The molecule has 3 nitrogen and oxygen atoms in total. The van der Waals surface area contributed by atoms with Crippen molar-refractivity contribution in [2.45, 2.75) is 0 Å². The predicted octanol–water partition coefficient (Wildman–Crippen LogP) is 9.73. The number of rotatable bonds is 4. The van der Waals surface area contributed by atoms with Gasteiger partial charge in [0.25, 0.3) is 0 Å². The lowest BCUT2D eigenvalue weighted by atomic mass is 9.72. The number of para-hydroxylation sites is 1. The van der Waals surface area contributed by atoms with E-state index < -0.39 is 7.12 Å². The Hall–Kier alpha value is -5.68. The largest absolute Gasteiger partial charge is 0.492 e. The van der Waals surface area contributed by atoms with E-state index in [2.05, 4.69) is 115 Å². The molecule has 0 aliphatic rings. The van der Waals surface area contributed by atoms with Crippen molar-refractivity contribution in [3.8, 4) is 33.4 Å². The van der Waals surface area contributed by atoms with Gasteiger partial charge in [-0.05, 0) is 71.8 Å². The third kappa shape index (κ3) is 3.95. The molecule has 2 N–H and O–H groups in total. The maximum absolute atomic E-state index is 10.8. The van der Waals surface area contributed by atoms with E-state index >= 15 is 0 Å². The number of benzene rings is 8. The van der Waals surface area contributed by atoms with Crippen LogP contribution in [-0.2, 0) is 0 Å². The standard InChI is InChI=1S/C42H27BO3/c44-43(45)41-39(33-18-8-9-19-34(33)40-35-20-10-11-21-36(35)46-42(40)41)28-24-22-27(23-25-28)38-31-16-6-4-14-29(31)37(26-12-2-1-3-13-26)30-15-5-7-17-32(30)38/h1-25,44-45H. The molecule has 46 heavy (non-hydrogen) atoms. The minimum absolute atomic E-state index is 0.376. The highest BCUT2D eigenvalue weighted by Crippen LogP contribution is 2.44. The minimum atomic E-state index is -1.72. The van der Waals surface area contributed by atoms with Crippen molar-refractivity contribution >= 4 is 66.8 Å². The molecule has 0 aliphatic heterocycles. The number of hydrogen-bond donors (Lipinski definition) is 2. The van der Waals surface area contributed by atoms with Gasteiger partial charge in [0.1, 0.15) is 11.2 Å². The summed E-state index contributed by atoms with van der Waals surface area (Å²) in [6.07, 6.45) is 0. The second kappa shape index (κ2) is 10.5. The summed E-state index contributed by atoms with van der Waals surface area (Å²) in [5.74, 6) is 0. The maximum Gasteiger partial charge on any atom is 0.492 e. The molecule has 0 unspecified atom stereocenters.